The number of hydrogen-bond acceptors (Lipinski definition) is 6. The first kappa shape index (κ1) is 14.7. The van der Waals surface area contributed by atoms with Gasteiger partial charge in [0.15, 0.2) is 0 Å². The Bertz CT molecular complexity index is 493. The van der Waals surface area contributed by atoms with Gasteiger partial charge in [0.2, 0.25) is 0 Å². The van der Waals surface area contributed by atoms with Crippen molar-refractivity contribution >= 4 is 11.8 Å². The molecule has 1 fully saturated rings. The minimum atomic E-state index is -0.397. The molecule has 1 aromatic rings. The molecular formula is C14H21N3O3. The van der Waals surface area contributed by atoms with Gasteiger partial charge in [-0.2, -0.15) is 0 Å². The lowest BCUT2D eigenvalue weighted by Crippen LogP contribution is -2.49. The van der Waals surface area contributed by atoms with Crippen molar-refractivity contribution in [2.24, 2.45) is 11.7 Å². The van der Waals surface area contributed by atoms with Crippen LogP contribution >= 0.6 is 0 Å². The summed E-state index contributed by atoms with van der Waals surface area (Å²) in [6.07, 6.45) is 2.49. The molecule has 0 radical (unpaired) electrons. The van der Waals surface area contributed by atoms with E-state index in [1.807, 2.05) is 11.8 Å². The Morgan fingerprint density at radius 2 is 2.40 bits per heavy atom. The lowest BCUT2D eigenvalue weighted by Gasteiger charge is -2.37. The van der Waals surface area contributed by atoms with Crippen molar-refractivity contribution in [1.82, 2.24) is 4.98 Å². The molecule has 110 valence electrons. The van der Waals surface area contributed by atoms with E-state index < -0.39 is 5.97 Å². The lowest BCUT2D eigenvalue weighted by atomic mass is 9.93. The van der Waals surface area contributed by atoms with E-state index >= 15 is 0 Å². The first-order chi connectivity index (χ1) is 9.56. The van der Waals surface area contributed by atoms with E-state index in [2.05, 4.69) is 4.98 Å². The van der Waals surface area contributed by atoms with Gasteiger partial charge in [0.25, 0.3) is 0 Å². The van der Waals surface area contributed by atoms with Gasteiger partial charge >= 0.3 is 5.97 Å². The third kappa shape index (κ3) is 2.91. The molecule has 0 amide bonds. The Morgan fingerprint density at radius 3 is 3.05 bits per heavy atom. The van der Waals surface area contributed by atoms with Gasteiger partial charge in [-0.1, -0.05) is 0 Å². The summed E-state index contributed by atoms with van der Waals surface area (Å²) in [7, 11) is 1.36. The van der Waals surface area contributed by atoms with Crippen LogP contribution in [0.1, 0.15) is 22.3 Å². The number of aromatic nitrogens is 1. The predicted molar refractivity (Wildman–Crippen MR) is 75.7 cm³/mol. The topological polar surface area (TPSA) is 88.7 Å². The van der Waals surface area contributed by atoms with Gasteiger partial charge in [-0.3, -0.25) is 0 Å². The molecule has 0 spiro atoms. The van der Waals surface area contributed by atoms with Crippen molar-refractivity contribution in [3.63, 3.8) is 0 Å². The zero-order chi connectivity index (χ0) is 14.7. The molecule has 2 unspecified atom stereocenters. The van der Waals surface area contributed by atoms with Gasteiger partial charge in [-0.15, -0.1) is 0 Å². The van der Waals surface area contributed by atoms with Crippen LogP contribution in [0.3, 0.4) is 0 Å². The van der Waals surface area contributed by atoms with Crippen molar-refractivity contribution in [2.75, 3.05) is 31.7 Å². The van der Waals surface area contributed by atoms with E-state index in [0.717, 1.165) is 18.5 Å². The van der Waals surface area contributed by atoms with Gasteiger partial charge in [-0.05, 0) is 25.0 Å². The monoisotopic (exact) mass is 279 g/mol. The van der Waals surface area contributed by atoms with Crippen molar-refractivity contribution in [3.8, 4) is 0 Å². The Labute approximate surface area is 118 Å². The summed E-state index contributed by atoms with van der Waals surface area (Å²) >= 11 is 0. The number of carbonyl (C=O) groups excluding carboxylic acids is 1. The standard InChI is InChI=1S/C14H21N3O3/c1-9-5-11(14(19)20-2)13(16-6-9)17-4-3-12(15)10(7-17)8-18/h5-6,10,12,18H,3-4,7-8,15H2,1-2H3. The fourth-order valence-corrected chi connectivity index (χ4v) is 2.51. The zero-order valence-electron chi connectivity index (χ0n) is 11.9. The van der Waals surface area contributed by atoms with E-state index in [9.17, 15) is 9.90 Å². The maximum atomic E-state index is 11.9. The number of nitrogens with zero attached hydrogens (tertiary/aromatic N) is 2. The van der Waals surface area contributed by atoms with Crippen LogP contribution in [-0.2, 0) is 4.74 Å². The number of pyridine rings is 1. The highest BCUT2D eigenvalue weighted by Crippen LogP contribution is 2.25. The third-order valence-electron chi connectivity index (χ3n) is 3.74. The summed E-state index contributed by atoms with van der Waals surface area (Å²) in [6.45, 7) is 3.23. The van der Waals surface area contributed by atoms with Crippen LogP contribution in [0.15, 0.2) is 12.3 Å². The van der Waals surface area contributed by atoms with Crippen LogP contribution in [0, 0.1) is 12.8 Å². The number of piperidine rings is 1. The number of carbonyl (C=O) groups is 1. The summed E-state index contributed by atoms with van der Waals surface area (Å²) in [5, 5.41) is 9.38. The zero-order valence-corrected chi connectivity index (χ0v) is 11.9. The van der Waals surface area contributed by atoms with Crippen LogP contribution in [-0.4, -0.2) is 48.9 Å². The van der Waals surface area contributed by atoms with Gasteiger partial charge in [0.1, 0.15) is 11.4 Å². The van der Waals surface area contributed by atoms with Gasteiger partial charge < -0.3 is 20.5 Å². The average Bonchev–Trinajstić information content (AvgIpc) is 2.47. The van der Waals surface area contributed by atoms with Crippen LogP contribution in [0.25, 0.3) is 0 Å². The molecule has 2 heterocycles. The highest BCUT2D eigenvalue weighted by molar-refractivity contribution is 5.95. The summed E-state index contributed by atoms with van der Waals surface area (Å²) in [4.78, 5) is 18.2. The third-order valence-corrected chi connectivity index (χ3v) is 3.74. The molecule has 2 rings (SSSR count). The Hall–Kier alpha value is -1.66. The summed E-state index contributed by atoms with van der Waals surface area (Å²) in [5.74, 6) is 0.205. The number of aryl methyl sites for hydroxylation is 1. The fraction of sp³-hybridized carbons (Fsp3) is 0.571. The van der Waals surface area contributed by atoms with Gasteiger partial charge in [0, 0.05) is 37.9 Å². The highest BCUT2D eigenvalue weighted by atomic mass is 16.5. The van der Waals surface area contributed by atoms with E-state index in [1.54, 1.807) is 12.3 Å². The SMILES string of the molecule is COC(=O)c1cc(C)cnc1N1CCC(N)C(CO)C1. The van der Waals surface area contributed by atoms with Crippen molar-refractivity contribution in [1.29, 1.82) is 0 Å². The quantitative estimate of drug-likeness (QED) is 0.775. The maximum absolute atomic E-state index is 11.9. The van der Waals surface area contributed by atoms with E-state index in [-0.39, 0.29) is 18.6 Å². The van der Waals surface area contributed by atoms with Crippen molar-refractivity contribution in [2.45, 2.75) is 19.4 Å². The minimum Gasteiger partial charge on any atom is -0.465 e. The minimum absolute atomic E-state index is 0.00245. The van der Waals surface area contributed by atoms with Crippen LogP contribution < -0.4 is 10.6 Å². The average molecular weight is 279 g/mol. The number of aliphatic hydroxyl groups is 1. The molecule has 0 aromatic carbocycles. The van der Waals surface area contributed by atoms with Crippen LogP contribution in [0.2, 0.25) is 0 Å². The number of esters is 1. The molecule has 6 nitrogen and oxygen atoms in total. The van der Waals surface area contributed by atoms with Crippen LogP contribution in [0.5, 0.6) is 0 Å². The van der Waals surface area contributed by atoms with Gasteiger partial charge in [0.05, 0.1) is 7.11 Å². The molecule has 1 aliphatic heterocycles. The van der Waals surface area contributed by atoms with Crippen molar-refractivity contribution < 1.29 is 14.6 Å². The molecule has 0 saturated carbocycles. The second-order valence-corrected chi connectivity index (χ2v) is 5.22. The van der Waals surface area contributed by atoms with E-state index in [1.165, 1.54) is 7.11 Å². The maximum Gasteiger partial charge on any atom is 0.341 e. The molecule has 20 heavy (non-hydrogen) atoms. The number of hydrogen-bond donors (Lipinski definition) is 2. The largest absolute Gasteiger partial charge is 0.465 e. The number of aliphatic hydroxyl groups excluding tert-OH is 1. The molecule has 3 N–H and O–H groups in total. The van der Waals surface area contributed by atoms with Crippen LogP contribution in [0.4, 0.5) is 5.82 Å². The first-order valence-corrected chi connectivity index (χ1v) is 6.73. The first-order valence-electron chi connectivity index (χ1n) is 6.73. The highest BCUT2D eigenvalue weighted by Gasteiger charge is 2.29. The predicted octanol–water partition coefficient (Wildman–Crippen LogP) is 0.323. The number of ether oxygens (including phenoxy) is 1. The fourth-order valence-electron chi connectivity index (χ4n) is 2.51. The number of methoxy groups -OCH3 is 1. The second kappa shape index (κ2) is 6.19. The normalized spacial score (nSPS) is 22.7. The molecule has 0 bridgehead atoms. The van der Waals surface area contributed by atoms with Gasteiger partial charge in [-0.25, -0.2) is 9.78 Å². The summed E-state index contributed by atoms with van der Waals surface area (Å²) in [6, 6.07) is 1.76. The Kier molecular flexibility index (Phi) is 4.57. The smallest absolute Gasteiger partial charge is 0.341 e. The number of rotatable bonds is 3. The van der Waals surface area contributed by atoms with E-state index in [4.69, 9.17) is 10.5 Å². The number of nitrogens with two attached hydrogens (primary N) is 1. The molecular weight excluding hydrogens is 258 g/mol. The van der Waals surface area contributed by atoms with E-state index in [0.29, 0.717) is 17.9 Å². The summed E-state index contributed by atoms with van der Waals surface area (Å²) < 4.78 is 4.82. The summed E-state index contributed by atoms with van der Waals surface area (Å²) in [5.41, 5.74) is 7.34. The molecule has 0 aliphatic carbocycles. The second-order valence-electron chi connectivity index (χ2n) is 5.22. The Morgan fingerprint density at radius 1 is 1.65 bits per heavy atom. The molecule has 2 atom stereocenters. The van der Waals surface area contributed by atoms with Crippen molar-refractivity contribution in [3.05, 3.63) is 23.4 Å². The Balaban J connectivity index is 2.30. The molecule has 1 saturated heterocycles. The lowest BCUT2D eigenvalue weighted by molar-refractivity contribution is 0.0600. The number of anilines is 1. The molecule has 6 heteroatoms. The molecule has 1 aromatic heterocycles. The molecule has 1 aliphatic rings.